The molecule has 0 radical (unpaired) electrons. The van der Waals surface area contributed by atoms with E-state index in [0.717, 1.165) is 11.8 Å². The Morgan fingerprint density at radius 1 is 1.08 bits per heavy atom. The lowest BCUT2D eigenvalue weighted by atomic mass is 9.82. The fourth-order valence-electron chi connectivity index (χ4n) is 1.77. The summed E-state index contributed by atoms with van der Waals surface area (Å²) in [6.07, 6.45) is 5.67. The smallest absolute Gasteiger partial charge is 0.00167 e. The van der Waals surface area contributed by atoms with Crippen molar-refractivity contribution < 1.29 is 0 Å². The molecule has 1 saturated carbocycles. The van der Waals surface area contributed by atoms with Gasteiger partial charge >= 0.3 is 0 Å². The Morgan fingerprint density at radius 2 is 1.50 bits per heavy atom. The van der Waals surface area contributed by atoms with E-state index in [1.807, 2.05) is 13.8 Å². The third kappa shape index (κ3) is 4.39. The summed E-state index contributed by atoms with van der Waals surface area (Å²) in [5.41, 5.74) is 0. The number of hydrogen-bond donors (Lipinski definition) is 1. The van der Waals surface area contributed by atoms with Crippen LogP contribution in [0.5, 0.6) is 0 Å². The minimum absolute atomic E-state index is 0.618. The van der Waals surface area contributed by atoms with Crippen molar-refractivity contribution in [1.29, 1.82) is 0 Å². The fraction of sp³-hybridized carbons (Fsp3) is 1.00. The van der Waals surface area contributed by atoms with Gasteiger partial charge in [-0.05, 0) is 24.7 Å². The molecule has 1 atom stereocenters. The van der Waals surface area contributed by atoms with Crippen LogP contribution in [0.3, 0.4) is 0 Å². The van der Waals surface area contributed by atoms with Gasteiger partial charge in [0.25, 0.3) is 0 Å². The zero-order chi connectivity index (χ0) is 9.56. The SMILES string of the molecule is CC.CC1CCC(C(C)S)CC1. The Kier molecular flexibility index (Phi) is 7.02. The molecule has 0 amide bonds. The average molecular weight is 188 g/mol. The lowest BCUT2D eigenvalue weighted by molar-refractivity contribution is 0.290. The molecule has 0 aromatic rings. The summed E-state index contributed by atoms with van der Waals surface area (Å²) >= 11 is 4.47. The van der Waals surface area contributed by atoms with Crippen molar-refractivity contribution in [1.82, 2.24) is 0 Å². The maximum absolute atomic E-state index is 4.47. The molecule has 1 aliphatic rings. The molecule has 12 heavy (non-hydrogen) atoms. The first-order chi connectivity index (χ1) is 5.70. The van der Waals surface area contributed by atoms with Crippen LogP contribution in [0.1, 0.15) is 53.4 Å². The highest BCUT2D eigenvalue weighted by molar-refractivity contribution is 7.80. The molecule has 74 valence electrons. The van der Waals surface area contributed by atoms with Crippen molar-refractivity contribution in [2.45, 2.75) is 58.6 Å². The second-order valence-electron chi connectivity index (χ2n) is 3.76. The largest absolute Gasteiger partial charge is 0.176 e. The summed E-state index contributed by atoms with van der Waals surface area (Å²) in [5, 5.41) is 0.618. The molecule has 1 rings (SSSR count). The molecule has 0 saturated heterocycles. The van der Waals surface area contributed by atoms with Crippen molar-refractivity contribution in [2.24, 2.45) is 11.8 Å². The highest BCUT2D eigenvalue weighted by Crippen LogP contribution is 2.31. The van der Waals surface area contributed by atoms with Crippen LogP contribution in [-0.2, 0) is 0 Å². The van der Waals surface area contributed by atoms with Crippen LogP contribution in [0.15, 0.2) is 0 Å². The Bertz CT molecular complexity index is 91.2. The normalized spacial score (nSPS) is 31.8. The first kappa shape index (κ1) is 12.3. The second-order valence-corrected chi connectivity index (χ2v) is 4.58. The predicted octanol–water partition coefficient (Wildman–Crippen LogP) is 4.16. The molecule has 1 unspecified atom stereocenters. The molecule has 1 fully saturated rings. The molecule has 0 aromatic carbocycles. The quantitative estimate of drug-likeness (QED) is 0.587. The van der Waals surface area contributed by atoms with Gasteiger partial charge in [0.15, 0.2) is 0 Å². The zero-order valence-corrected chi connectivity index (χ0v) is 9.90. The summed E-state index contributed by atoms with van der Waals surface area (Å²) in [5.74, 6) is 1.88. The Balaban J connectivity index is 0.000000561. The second kappa shape index (κ2) is 6.82. The van der Waals surface area contributed by atoms with Gasteiger partial charge in [-0.15, -0.1) is 0 Å². The minimum Gasteiger partial charge on any atom is -0.176 e. The maximum Gasteiger partial charge on any atom is 0.00167 e. The van der Waals surface area contributed by atoms with E-state index in [1.54, 1.807) is 0 Å². The van der Waals surface area contributed by atoms with Crippen molar-refractivity contribution in [3.63, 3.8) is 0 Å². The average Bonchev–Trinajstić information content (AvgIpc) is 2.09. The van der Waals surface area contributed by atoms with E-state index >= 15 is 0 Å². The van der Waals surface area contributed by atoms with Gasteiger partial charge in [0.1, 0.15) is 0 Å². The van der Waals surface area contributed by atoms with Crippen molar-refractivity contribution >= 4 is 12.6 Å². The van der Waals surface area contributed by atoms with E-state index in [9.17, 15) is 0 Å². The number of thiol groups is 1. The van der Waals surface area contributed by atoms with E-state index in [-0.39, 0.29) is 0 Å². The molecule has 0 aliphatic heterocycles. The van der Waals surface area contributed by atoms with E-state index in [0.29, 0.717) is 5.25 Å². The summed E-state index contributed by atoms with van der Waals surface area (Å²) in [6, 6.07) is 0. The molecule has 0 N–H and O–H groups in total. The van der Waals surface area contributed by atoms with E-state index in [4.69, 9.17) is 0 Å². The third-order valence-electron chi connectivity index (χ3n) is 2.74. The van der Waals surface area contributed by atoms with Crippen molar-refractivity contribution in [2.75, 3.05) is 0 Å². The third-order valence-corrected chi connectivity index (χ3v) is 3.16. The van der Waals surface area contributed by atoms with Crippen LogP contribution < -0.4 is 0 Å². The van der Waals surface area contributed by atoms with Gasteiger partial charge in [-0.1, -0.05) is 40.5 Å². The lowest BCUT2D eigenvalue weighted by Crippen LogP contribution is -2.18. The highest BCUT2D eigenvalue weighted by Gasteiger charge is 2.20. The van der Waals surface area contributed by atoms with Gasteiger partial charge in [-0.25, -0.2) is 0 Å². The van der Waals surface area contributed by atoms with Gasteiger partial charge in [0.05, 0.1) is 0 Å². The zero-order valence-electron chi connectivity index (χ0n) is 9.01. The van der Waals surface area contributed by atoms with Crippen LogP contribution >= 0.6 is 12.6 Å². The molecule has 0 nitrogen and oxygen atoms in total. The van der Waals surface area contributed by atoms with Crippen molar-refractivity contribution in [3.05, 3.63) is 0 Å². The first-order valence-corrected chi connectivity index (χ1v) is 5.90. The molecular weight excluding hydrogens is 164 g/mol. The van der Waals surface area contributed by atoms with Gasteiger partial charge in [-0.3, -0.25) is 0 Å². The van der Waals surface area contributed by atoms with Gasteiger partial charge < -0.3 is 0 Å². The summed E-state index contributed by atoms with van der Waals surface area (Å²) in [7, 11) is 0. The van der Waals surface area contributed by atoms with Crippen molar-refractivity contribution in [3.8, 4) is 0 Å². The van der Waals surface area contributed by atoms with E-state index in [2.05, 4.69) is 26.5 Å². The molecule has 1 heteroatoms. The van der Waals surface area contributed by atoms with Gasteiger partial charge in [0, 0.05) is 5.25 Å². The molecular formula is C11H24S. The molecule has 0 aromatic heterocycles. The van der Waals surface area contributed by atoms with Crippen LogP contribution in [-0.4, -0.2) is 5.25 Å². The minimum atomic E-state index is 0.618. The van der Waals surface area contributed by atoms with Crippen LogP contribution in [0, 0.1) is 11.8 Å². The Hall–Kier alpha value is 0.350. The Morgan fingerprint density at radius 3 is 1.83 bits per heavy atom. The lowest BCUT2D eigenvalue weighted by Gasteiger charge is -2.28. The molecule has 0 heterocycles. The topological polar surface area (TPSA) is 0 Å². The standard InChI is InChI=1S/C9H18S.C2H6/c1-7-3-5-9(6-4-7)8(2)10;1-2/h7-10H,3-6H2,1-2H3;1-2H3. The molecule has 0 spiro atoms. The van der Waals surface area contributed by atoms with Crippen LogP contribution in [0.2, 0.25) is 0 Å². The molecule has 0 bridgehead atoms. The Labute approximate surface area is 83.5 Å². The summed E-state index contributed by atoms with van der Waals surface area (Å²) in [6.45, 7) is 8.59. The van der Waals surface area contributed by atoms with Gasteiger partial charge in [0.2, 0.25) is 0 Å². The molecule has 1 aliphatic carbocycles. The van der Waals surface area contributed by atoms with Crippen LogP contribution in [0.25, 0.3) is 0 Å². The van der Waals surface area contributed by atoms with E-state index < -0.39 is 0 Å². The maximum atomic E-state index is 4.47. The highest BCUT2D eigenvalue weighted by atomic mass is 32.1. The first-order valence-electron chi connectivity index (χ1n) is 5.38. The summed E-state index contributed by atoms with van der Waals surface area (Å²) < 4.78 is 0. The number of hydrogen-bond acceptors (Lipinski definition) is 1. The summed E-state index contributed by atoms with van der Waals surface area (Å²) in [4.78, 5) is 0. The fourth-order valence-corrected chi connectivity index (χ4v) is 2.07. The van der Waals surface area contributed by atoms with Gasteiger partial charge in [-0.2, -0.15) is 12.6 Å². The van der Waals surface area contributed by atoms with Crippen LogP contribution in [0.4, 0.5) is 0 Å². The number of rotatable bonds is 1. The van der Waals surface area contributed by atoms with E-state index in [1.165, 1.54) is 25.7 Å². The monoisotopic (exact) mass is 188 g/mol. The predicted molar refractivity (Wildman–Crippen MR) is 60.9 cm³/mol.